The van der Waals surface area contributed by atoms with Crippen LogP contribution in [0.5, 0.6) is 0 Å². The highest BCUT2D eigenvalue weighted by Gasteiger charge is 2.23. The minimum atomic E-state index is -1.58. The van der Waals surface area contributed by atoms with Crippen molar-refractivity contribution in [2.75, 3.05) is 5.32 Å². The van der Waals surface area contributed by atoms with Crippen molar-refractivity contribution in [3.63, 3.8) is 0 Å². The number of aromatic nitrogens is 2. The second kappa shape index (κ2) is 8.20. The van der Waals surface area contributed by atoms with E-state index in [4.69, 9.17) is 4.52 Å². The number of nitrogens with zero attached hydrogens (tertiary/aromatic N) is 2. The number of anilines is 1. The minimum absolute atomic E-state index is 0.00210. The zero-order valence-corrected chi connectivity index (χ0v) is 15.4. The van der Waals surface area contributed by atoms with Gasteiger partial charge in [0, 0.05) is 18.0 Å². The van der Waals surface area contributed by atoms with E-state index in [2.05, 4.69) is 15.5 Å². The van der Waals surface area contributed by atoms with E-state index in [1.165, 1.54) is 12.4 Å². The number of rotatable bonds is 5. The van der Waals surface area contributed by atoms with Crippen molar-refractivity contribution in [1.82, 2.24) is 10.1 Å². The maximum atomic E-state index is 13.8. The zero-order valence-electron chi connectivity index (χ0n) is 15.4. The SMILES string of the molecule is O=C(Cc1ccccc1)Nc1onc(-c2cc(F)c(F)c(F)c2)c1-c1ccncc1. The second-order valence-electron chi connectivity index (χ2n) is 6.44. The Morgan fingerprint density at radius 1 is 0.933 bits per heavy atom. The van der Waals surface area contributed by atoms with Crippen LogP contribution in [0.25, 0.3) is 22.4 Å². The largest absolute Gasteiger partial charge is 0.337 e. The van der Waals surface area contributed by atoms with Crippen LogP contribution in [0.1, 0.15) is 5.56 Å². The molecule has 0 unspecified atom stereocenters. The molecule has 150 valence electrons. The number of amides is 1. The van der Waals surface area contributed by atoms with E-state index < -0.39 is 17.5 Å². The monoisotopic (exact) mass is 409 g/mol. The fourth-order valence-corrected chi connectivity index (χ4v) is 3.00. The molecule has 0 fully saturated rings. The quantitative estimate of drug-likeness (QED) is 0.471. The van der Waals surface area contributed by atoms with Crippen LogP contribution < -0.4 is 5.32 Å². The molecule has 0 atom stereocenters. The van der Waals surface area contributed by atoms with Crippen LogP contribution in [0, 0.1) is 17.5 Å². The summed E-state index contributed by atoms with van der Waals surface area (Å²) in [5.41, 5.74) is 1.65. The molecule has 2 aromatic heterocycles. The first-order valence-electron chi connectivity index (χ1n) is 8.91. The average molecular weight is 409 g/mol. The summed E-state index contributed by atoms with van der Waals surface area (Å²) in [5.74, 6) is -4.66. The van der Waals surface area contributed by atoms with Crippen LogP contribution >= 0.6 is 0 Å². The van der Waals surface area contributed by atoms with Crippen LogP contribution in [0.2, 0.25) is 0 Å². The number of carbonyl (C=O) groups excluding carboxylic acids is 1. The van der Waals surface area contributed by atoms with E-state index in [0.29, 0.717) is 11.1 Å². The highest BCUT2D eigenvalue weighted by atomic mass is 19.2. The van der Waals surface area contributed by atoms with E-state index in [9.17, 15) is 18.0 Å². The smallest absolute Gasteiger partial charge is 0.239 e. The van der Waals surface area contributed by atoms with Gasteiger partial charge in [0.05, 0.1) is 12.0 Å². The van der Waals surface area contributed by atoms with Gasteiger partial charge in [0.1, 0.15) is 5.69 Å². The molecule has 8 heteroatoms. The van der Waals surface area contributed by atoms with E-state index in [1.54, 1.807) is 24.3 Å². The Labute approximate surface area is 169 Å². The lowest BCUT2D eigenvalue weighted by molar-refractivity contribution is -0.115. The lowest BCUT2D eigenvalue weighted by Crippen LogP contribution is -2.14. The molecule has 0 aliphatic carbocycles. The summed E-state index contributed by atoms with van der Waals surface area (Å²) >= 11 is 0. The van der Waals surface area contributed by atoms with Gasteiger partial charge in [-0.3, -0.25) is 15.1 Å². The third-order valence-electron chi connectivity index (χ3n) is 4.38. The summed E-state index contributed by atoms with van der Waals surface area (Å²) in [4.78, 5) is 16.4. The van der Waals surface area contributed by atoms with Crippen LogP contribution in [0.15, 0.2) is 71.5 Å². The minimum Gasteiger partial charge on any atom is -0.337 e. The van der Waals surface area contributed by atoms with Gasteiger partial charge in [-0.05, 0) is 35.4 Å². The molecule has 2 aromatic carbocycles. The molecule has 1 amide bonds. The van der Waals surface area contributed by atoms with Crippen LogP contribution in [0.3, 0.4) is 0 Å². The molecule has 0 saturated heterocycles. The molecule has 0 aliphatic heterocycles. The van der Waals surface area contributed by atoms with Gasteiger partial charge in [0.2, 0.25) is 11.8 Å². The predicted molar refractivity (Wildman–Crippen MR) is 104 cm³/mol. The van der Waals surface area contributed by atoms with Crippen molar-refractivity contribution in [2.45, 2.75) is 6.42 Å². The Morgan fingerprint density at radius 3 is 2.27 bits per heavy atom. The highest BCUT2D eigenvalue weighted by Crippen LogP contribution is 2.38. The van der Waals surface area contributed by atoms with Gasteiger partial charge in [-0.2, -0.15) is 0 Å². The van der Waals surface area contributed by atoms with Crippen molar-refractivity contribution in [1.29, 1.82) is 0 Å². The lowest BCUT2D eigenvalue weighted by Gasteiger charge is -2.07. The third-order valence-corrected chi connectivity index (χ3v) is 4.38. The normalized spacial score (nSPS) is 10.8. The first kappa shape index (κ1) is 19.4. The molecular weight excluding hydrogens is 395 g/mol. The summed E-state index contributed by atoms with van der Waals surface area (Å²) in [5, 5.41) is 6.51. The number of pyridine rings is 1. The van der Waals surface area contributed by atoms with Crippen molar-refractivity contribution in [3.05, 3.63) is 90.0 Å². The molecule has 0 spiro atoms. The standard InChI is InChI=1S/C22H14F3N3O2/c23-16-11-15(12-17(24)20(16)25)21-19(14-6-8-26-9-7-14)22(30-28-21)27-18(29)10-13-4-2-1-3-5-13/h1-9,11-12H,10H2,(H,27,29). The Kier molecular flexibility index (Phi) is 5.30. The molecule has 1 N–H and O–H groups in total. The van der Waals surface area contributed by atoms with E-state index in [-0.39, 0.29) is 29.5 Å². The maximum Gasteiger partial charge on any atom is 0.239 e. The average Bonchev–Trinajstić information content (AvgIpc) is 3.16. The first-order chi connectivity index (χ1) is 14.5. The van der Waals surface area contributed by atoms with Crippen LogP contribution in [-0.2, 0) is 11.2 Å². The Balaban J connectivity index is 1.74. The summed E-state index contributed by atoms with van der Waals surface area (Å²) in [6, 6.07) is 14.0. The topological polar surface area (TPSA) is 68.0 Å². The van der Waals surface area contributed by atoms with Gasteiger partial charge >= 0.3 is 0 Å². The van der Waals surface area contributed by atoms with Gasteiger partial charge in [-0.1, -0.05) is 35.5 Å². The van der Waals surface area contributed by atoms with Crippen molar-refractivity contribution < 1.29 is 22.5 Å². The van der Waals surface area contributed by atoms with Crippen LogP contribution in [-0.4, -0.2) is 16.0 Å². The first-order valence-corrected chi connectivity index (χ1v) is 8.91. The van der Waals surface area contributed by atoms with Gasteiger partial charge < -0.3 is 4.52 Å². The lowest BCUT2D eigenvalue weighted by atomic mass is 10.0. The number of nitrogens with one attached hydrogen (secondary N) is 1. The number of carbonyl (C=O) groups is 1. The predicted octanol–water partition coefficient (Wildman–Crippen LogP) is 5.00. The molecule has 5 nitrogen and oxygen atoms in total. The summed E-state index contributed by atoms with van der Waals surface area (Å²) in [7, 11) is 0. The summed E-state index contributed by atoms with van der Waals surface area (Å²) < 4.78 is 46.2. The van der Waals surface area contributed by atoms with Gasteiger partial charge in [-0.25, -0.2) is 13.2 Å². The number of hydrogen-bond donors (Lipinski definition) is 1. The molecule has 4 rings (SSSR count). The molecule has 4 aromatic rings. The molecule has 30 heavy (non-hydrogen) atoms. The molecule has 0 radical (unpaired) electrons. The Hall–Kier alpha value is -3.94. The Bertz CT molecular complexity index is 1170. The zero-order chi connectivity index (χ0) is 21.1. The van der Waals surface area contributed by atoms with Gasteiger partial charge in [0.15, 0.2) is 17.5 Å². The van der Waals surface area contributed by atoms with Crippen molar-refractivity contribution in [2.24, 2.45) is 0 Å². The summed E-state index contributed by atoms with van der Waals surface area (Å²) in [6.45, 7) is 0. The molecule has 2 heterocycles. The number of benzene rings is 2. The fraction of sp³-hybridized carbons (Fsp3) is 0.0455. The van der Waals surface area contributed by atoms with E-state index in [1.807, 2.05) is 18.2 Å². The van der Waals surface area contributed by atoms with Crippen molar-refractivity contribution in [3.8, 4) is 22.4 Å². The molecule has 0 aliphatic rings. The molecular formula is C22H14F3N3O2. The van der Waals surface area contributed by atoms with Crippen molar-refractivity contribution >= 4 is 11.8 Å². The van der Waals surface area contributed by atoms with Crippen LogP contribution in [0.4, 0.5) is 19.1 Å². The highest BCUT2D eigenvalue weighted by molar-refractivity contribution is 5.97. The summed E-state index contributed by atoms with van der Waals surface area (Å²) in [6.07, 6.45) is 3.10. The Morgan fingerprint density at radius 2 is 1.60 bits per heavy atom. The molecule has 0 saturated carbocycles. The number of hydrogen-bond acceptors (Lipinski definition) is 4. The number of halogens is 3. The van der Waals surface area contributed by atoms with E-state index >= 15 is 0 Å². The van der Waals surface area contributed by atoms with Gasteiger partial charge in [0.25, 0.3) is 0 Å². The van der Waals surface area contributed by atoms with Gasteiger partial charge in [-0.15, -0.1) is 0 Å². The van der Waals surface area contributed by atoms with E-state index in [0.717, 1.165) is 17.7 Å². The second-order valence-corrected chi connectivity index (χ2v) is 6.44. The maximum absolute atomic E-state index is 13.8. The fourth-order valence-electron chi connectivity index (χ4n) is 3.00. The molecule has 0 bridgehead atoms. The third kappa shape index (κ3) is 3.93.